The summed E-state index contributed by atoms with van der Waals surface area (Å²) in [5.41, 5.74) is 6.00. The van der Waals surface area contributed by atoms with Crippen LogP contribution < -0.4 is 5.73 Å². The molecule has 5 nitrogen and oxygen atoms in total. The number of nitrogens with two attached hydrogens (primary N) is 1. The number of hydrogen-bond acceptors (Lipinski definition) is 3. The van der Waals surface area contributed by atoms with Gasteiger partial charge in [0.2, 0.25) is 5.91 Å². The zero-order valence-corrected chi connectivity index (χ0v) is 8.21. The fourth-order valence-electron chi connectivity index (χ4n) is 1.00. The Morgan fingerprint density at radius 1 is 1.12 bits per heavy atom. The number of rotatable bonds is 4. The van der Waals surface area contributed by atoms with Crippen LogP contribution in [0.4, 0.5) is 0 Å². The van der Waals surface area contributed by atoms with E-state index in [4.69, 9.17) is 10.8 Å². The highest BCUT2D eigenvalue weighted by molar-refractivity contribution is 6.38. The number of benzene rings is 1. The van der Waals surface area contributed by atoms with Crippen molar-refractivity contribution in [2.75, 3.05) is 0 Å². The maximum atomic E-state index is 10.7. The Hall–Kier alpha value is -2.43. The van der Waals surface area contributed by atoms with Gasteiger partial charge in [0.15, 0.2) is 0 Å². The van der Waals surface area contributed by atoms with E-state index < -0.39 is 17.7 Å². The summed E-state index contributed by atoms with van der Waals surface area (Å²) < 4.78 is 0. The number of carboxylic acids is 1. The summed E-state index contributed by atoms with van der Waals surface area (Å²) in [5, 5.41) is 8.31. The molecule has 0 aliphatic heterocycles. The van der Waals surface area contributed by atoms with Crippen LogP contribution in [0.2, 0.25) is 0 Å². The molecule has 0 saturated heterocycles. The second-order valence-corrected chi connectivity index (χ2v) is 2.99. The fraction of sp³-hybridized carbons (Fsp3) is 0. The predicted octanol–water partition coefficient (Wildman–Crippen LogP) is 0.452. The summed E-state index contributed by atoms with van der Waals surface area (Å²) in [6.07, 6.45) is 2.29. The topological polar surface area (TPSA) is 97.5 Å². The Morgan fingerprint density at radius 3 is 2.12 bits per heavy atom. The van der Waals surface area contributed by atoms with E-state index in [9.17, 15) is 14.4 Å². The smallest absolute Gasteiger partial charge is 0.376 e. The van der Waals surface area contributed by atoms with E-state index >= 15 is 0 Å². The van der Waals surface area contributed by atoms with Crippen molar-refractivity contribution in [3.63, 3.8) is 0 Å². The molecule has 0 saturated carbocycles. The minimum Gasteiger partial charge on any atom is -0.475 e. The van der Waals surface area contributed by atoms with Gasteiger partial charge in [0, 0.05) is 5.56 Å². The lowest BCUT2D eigenvalue weighted by Gasteiger charge is -1.95. The molecule has 0 aromatic heterocycles. The van der Waals surface area contributed by atoms with Crippen LogP contribution in [-0.4, -0.2) is 22.8 Å². The second kappa shape index (κ2) is 4.88. The van der Waals surface area contributed by atoms with Gasteiger partial charge in [-0.15, -0.1) is 0 Å². The van der Waals surface area contributed by atoms with E-state index in [1.54, 1.807) is 12.1 Å². The van der Waals surface area contributed by atoms with E-state index in [-0.39, 0.29) is 0 Å². The monoisotopic (exact) mass is 219 g/mol. The molecule has 0 unspecified atom stereocenters. The Kier molecular flexibility index (Phi) is 3.55. The van der Waals surface area contributed by atoms with Crippen molar-refractivity contribution < 1.29 is 19.5 Å². The van der Waals surface area contributed by atoms with Gasteiger partial charge in [-0.05, 0) is 23.8 Å². The van der Waals surface area contributed by atoms with Crippen LogP contribution in [0.25, 0.3) is 6.08 Å². The minimum absolute atomic E-state index is 0.349. The second-order valence-electron chi connectivity index (χ2n) is 2.99. The van der Waals surface area contributed by atoms with Gasteiger partial charge in [0.25, 0.3) is 5.78 Å². The highest BCUT2D eigenvalue weighted by Crippen LogP contribution is 2.05. The van der Waals surface area contributed by atoms with E-state index in [1.807, 2.05) is 0 Å². The van der Waals surface area contributed by atoms with Gasteiger partial charge in [-0.3, -0.25) is 9.59 Å². The van der Waals surface area contributed by atoms with Crippen LogP contribution in [0.1, 0.15) is 15.9 Å². The number of aliphatic carboxylic acids is 1. The maximum Gasteiger partial charge on any atom is 0.376 e. The number of primary amides is 1. The first-order valence-corrected chi connectivity index (χ1v) is 4.36. The molecular formula is C11H9NO4. The molecule has 0 aliphatic carbocycles. The molecule has 0 bridgehead atoms. The minimum atomic E-state index is -1.51. The third kappa shape index (κ3) is 3.06. The average Bonchev–Trinajstić information content (AvgIpc) is 2.26. The van der Waals surface area contributed by atoms with Crippen LogP contribution in [0.15, 0.2) is 30.3 Å². The quantitative estimate of drug-likeness (QED) is 0.567. The average molecular weight is 219 g/mol. The largest absolute Gasteiger partial charge is 0.475 e. The van der Waals surface area contributed by atoms with Gasteiger partial charge in [-0.1, -0.05) is 18.2 Å². The molecule has 5 heteroatoms. The summed E-state index contributed by atoms with van der Waals surface area (Å²) in [6, 6.07) is 6.11. The van der Waals surface area contributed by atoms with Gasteiger partial charge in [-0.25, -0.2) is 4.79 Å². The van der Waals surface area contributed by atoms with E-state index in [1.165, 1.54) is 18.2 Å². The molecule has 0 fully saturated rings. The molecule has 0 radical (unpaired) electrons. The van der Waals surface area contributed by atoms with Gasteiger partial charge < -0.3 is 10.8 Å². The third-order valence-corrected chi connectivity index (χ3v) is 1.83. The highest BCUT2D eigenvalue weighted by Gasteiger charge is 2.05. The van der Waals surface area contributed by atoms with Crippen LogP contribution in [-0.2, 0) is 9.59 Å². The standard InChI is InChI=1S/C11H9NO4/c12-10(14)8-4-1-7(2-5-8)3-6-9(13)11(15)16/h1-6H,(H2,12,14)(H,15,16)/b6-3+. The molecule has 82 valence electrons. The lowest BCUT2D eigenvalue weighted by molar-refractivity contribution is -0.146. The molecule has 0 atom stereocenters. The van der Waals surface area contributed by atoms with Crippen LogP contribution in [0, 0.1) is 0 Å². The van der Waals surface area contributed by atoms with Crippen molar-refractivity contribution in [2.24, 2.45) is 5.73 Å². The van der Waals surface area contributed by atoms with Crippen molar-refractivity contribution in [1.29, 1.82) is 0 Å². The maximum absolute atomic E-state index is 10.7. The Bertz CT molecular complexity index is 459. The molecule has 1 rings (SSSR count). The number of carbonyl (C=O) groups is 3. The van der Waals surface area contributed by atoms with Crippen LogP contribution in [0.3, 0.4) is 0 Å². The van der Waals surface area contributed by atoms with Gasteiger partial charge in [0.05, 0.1) is 0 Å². The molecule has 0 spiro atoms. The molecule has 16 heavy (non-hydrogen) atoms. The summed E-state index contributed by atoms with van der Waals surface area (Å²) in [7, 11) is 0. The molecular weight excluding hydrogens is 210 g/mol. The van der Waals surface area contributed by atoms with Gasteiger partial charge in [0.1, 0.15) is 0 Å². The van der Waals surface area contributed by atoms with E-state index in [0.29, 0.717) is 11.1 Å². The Morgan fingerprint density at radius 2 is 1.69 bits per heavy atom. The molecule has 0 heterocycles. The van der Waals surface area contributed by atoms with Crippen molar-refractivity contribution in [1.82, 2.24) is 0 Å². The van der Waals surface area contributed by atoms with Crippen molar-refractivity contribution in [2.45, 2.75) is 0 Å². The SMILES string of the molecule is NC(=O)c1ccc(/C=C/C(=O)C(=O)O)cc1. The summed E-state index contributed by atoms with van der Waals surface area (Å²) in [5.74, 6) is -3.05. The highest BCUT2D eigenvalue weighted by atomic mass is 16.4. The fourth-order valence-corrected chi connectivity index (χ4v) is 1.00. The van der Waals surface area contributed by atoms with Gasteiger partial charge >= 0.3 is 5.97 Å². The van der Waals surface area contributed by atoms with E-state index in [0.717, 1.165) is 6.08 Å². The van der Waals surface area contributed by atoms with Crippen molar-refractivity contribution in [3.8, 4) is 0 Å². The first-order valence-electron chi connectivity index (χ1n) is 4.36. The predicted molar refractivity (Wildman–Crippen MR) is 56.6 cm³/mol. The van der Waals surface area contributed by atoms with Crippen molar-refractivity contribution in [3.05, 3.63) is 41.5 Å². The zero-order valence-electron chi connectivity index (χ0n) is 8.21. The molecule has 1 amide bonds. The first-order chi connectivity index (χ1) is 7.50. The summed E-state index contributed by atoms with van der Waals surface area (Å²) in [4.78, 5) is 31.7. The molecule has 3 N–H and O–H groups in total. The normalized spacial score (nSPS) is 10.2. The molecule has 0 aliphatic rings. The van der Waals surface area contributed by atoms with Crippen LogP contribution >= 0.6 is 0 Å². The Balaban J connectivity index is 2.80. The lowest BCUT2D eigenvalue weighted by atomic mass is 10.1. The zero-order chi connectivity index (χ0) is 12.1. The Labute approximate surface area is 91.2 Å². The number of carbonyl (C=O) groups excluding carboxylic acids is 2. The number of hydrogen-bond donors (Lipinski definition) is 2. The first kappa shape index (κ1) is 11.6. The van der Waals surface area contributed by atoms with Gasteiger partial charge in [-0.2, -0.15) is 0 Å². The lowest BCUT2D eigenvalue weighted by Crippen LogP contribution is -2.10. The summed E-state index contributed by atoms with van der Waals surface area (Å²) >= 11 is 0. The van der Waals surface area contributed by atoms with E-state index in [2.05, 4.69) is 0 Å². The number of amides is 1. The van der Waals surface area contributed by atoms with Crippen molar-refractivity contribution >= 4 is 23.7 Å². The molecule has 1 aromatic rings. The molecule has 1 aromatic carbocycles. The third-order valence-electron chi connectivity index (χ3n) is 1.83. The number of carboxylic acid groups (broad SMARTS) is 1. The van der Waals surface area contributed by atoms with Crippen LogP contribution in [0.5, 0.6) is 0 Å². The number of ketones is 1. The summed E-state index contributed by atoms with van der Waals surface area (Å²) in [6.45, 7) is 0.